The minimum absolute atomic E-state index is 0.141. The number of aliphatic hydroxyl groups is 1. The lowest BCUT2D eigenvalue weighted by atomic mass is 10.1. The van der Waals surface area contributed by atoms with Gasteiger partial charge >= 0.3 is 0 Å². The average molecular weight is 349 g/mol. The molecule has 2 rings (SSSR count). The molecule has 0 radical (unpaired) electrons. The van der Waals surface area contributed by atoms with Gasteiger partial charge in [0.2, 0.25) is 0 Å². The molecule has 112 valence electrons. The van der Waals surface area contributed by atoms with Crippen LogP contribution in [0.4, 0.5) is 14.5 Å². The molecule has 0 aromatic heterocycles. The zero-order valence-electron chi connectivity index (χ0n) is 11.2. The molecule has 1 saturated carbocycles. The van der Waals surface area contributed by atoms with Crippen LogP contribution in [0.2, 0.25) is 0 Å². The van der Waals surface area contributed by atoms with E-state index in [2.05, 4.69) is 21.2 Å². The van der Waals surface area contributed by atoms with Crippen molar-refractivity contribution in [1.29, 1.82) is 0 Å². The second-order valence-corrected chi connectivity index (χ2v) is 5.90. The van der Waals surface area contributed by atoms with Crippen LogP contribution in [0.25, 0.3) is 0 Å². The smallest absolute Gasteiger partial charge is 0.255 e. The molecule has 6 heteroatoms. The highest BCUT2D eigenvalue weighted by Crippen LogP contribution is 2.27. The Morgan fingerprint density at radius 2 is 2.15 bits per heavy atom. The summed E-state index contributed by atoms with van der Waals surface area (Å²) >= 11 is 3.41. The summed E-state index contributed by atoms with van der Waals surface area (Å²) in [5.74, 6) is 0. The summed E-state index contributed by atoms with van der Waals surface area (Å²) in [6.07, 6.45) is -0.0593. The van der Waals surface area contributed by atoms with Gasteiger partial charge in [0.1, 0.15) is 0 Å². The Labute approximate surface area is 126 Å². The van der Waals surface area contributed by atoms with Crippen LogP contribution in [0.5, 0.6) is 0 Å². The van der Waals surface area contributed by atoms with Gasteiger partial charge in [-0.25, -0.2) is 8.78 Å². The number of nitrogens with zero attached hydrogens (tertiary/aromatic N) is 1. The SMILES string of the molecule is OCCN(CC(F)F)c1ccc(Br)cc1CNC1CC1. The van der Waals surface area contributed by atoms with Crippen LogP contribution in [0.3, 0.4) is 0 Å². The number of rotatable bonds is 8. The van der Waals surface area contributed by atoms with E-state index >= 15 is 0 Å². The maximum Gasteiger partial charge on any atom is 0.255 e. The molecule has 0 unspecified atom stereocenters. The molecule has 1 aromatic carbocycles. The summed E-state index contributed by atoms with van der Waals surface area (Å²) in [6, 6.07) is 6.17. The Bertz CT molecular complexity index is 441. The molecule has 20 heavy (non-hydrogen) atoms. The largest absolute Gasteiger partial charge is 0.395 e. The number of halogens is 3. The highest BCUT2D eigenvalue weighted by atomic mass is 79.9. The standard InChI is InChI=1S/C14H19BrF2N2O/c15-11-1-4-13(19(5-6-20)9-14(16)17)10(7-11)8-18-12-2-3-12/h1,4,7,12,14,18,20H,2-3,5-6,8-9H2. The molecular weight excluding hydrogens is 330 g/mol. The first-order valence-corrected chi connectivity index (χ1v) is 7.55. The van der Waals surface area contributed by atoms with Gasteiger partial charge in [0.15, 0.2) is 0 Å². The fourth-order valence-corrected chi connectivity index (χ4v) is 2.55. The Morgan fingerprint density at radius 3 is 2.75 bits per heavy atom. The zero-order valence-corrected chi connectivity index (χ0v) is 12.7. The van der Waals surface area contributed by atoms with E-state index in [1.54, 1.807) is 4.90 Å². The molecule has 0 aliphatic heterocycles. The highest BCUT2D eigenvalue weighted by molar-refractivity contribution is 9.10. The van der Waals surface area contributed by atoms with Crippen LogP contribution >= 0.6 is 15.9 Å². The van der Waals surface area contributed by atoms with Crippen molar-refractivity contribution >= 4 is 21.6 Å². The number of aliphatic hydroxyl groups excluding tert-OH is 1. The van der Waals surface area contributed by atoms with E-state index in [1.807, 2.05) is 18.2 Å². The van der Waals surface area contributed by atoms with Crippen LogP contribution in [0, 0.1) is 0 Å². The lowest BCUT2D eigenvalue weighted by Crippen LogP contribution is -2.33. The number of nitrogens with one attached hydrogen (secondary N) is 1. The summed E-state index contributed by atoms with van der Waals surface area (Å²) in [5.41, 5.74) is 1.73. The van der Waals surface area contributed by atoms with Crippen LogP contribution in [-0.4, -0.2) is 37.3 Å². The first kappa shape index (κ1) is 15.7. The molecule has 0 atom stereocenters. The maximum absolute atomic E-state index is 12.7. The molecule has 2 N–H and O–H groups in total. The average Bonchev–Trinajstić information content (AvgIpc) is 3.19. The van der Waals surface area contributed by atoms with E-state index in [0.29, 0.717) is 12.6 Å². The Hall–Kier alpha value is -0.720. The van der Waals surface area contributed by atoms with Gasteiger partial charge in [-0.1, -0.05) is 15.9 Å². The van der Waals surface area contributed by atoms with Gasteiger partial charge < -0.3 is 15.3 Å². The second-order valence-electron chi connectivity index (χ2n) is 4.99. The van der Waals surface area contributed by atoms with Crippen molar-refractivity contribution in [2.75, 3.05) is 24.6 Å². The first-order valence-electron chi connectivity index (χ1n) is 6.76. The van der Waals surface area contributed by atoms with Crippen LogP contribution in [0.1, 0.15) is 18.4 Å². The molecular formula is C14H19BrF2N2O. The van der Waals surface area contributed by atoms with E-state index in [9.17, 15) is 8.78 Å². The van der Waals surface area contributed by atoms with E-state index in [1.165, 1.54) is 12.8 Å². The van der Waals surface area contributed by atoms with Crippen molar-refractivity contribution < 1.29 is 13.9 Å². The Balaban J connectivity index is 2.16. The predicted octanol–water partition coefficient (Wildman–Crippen LogP) is 2.76. The number of benzene rings is 1. The van der Waals surface area contributed by atoms with Crippen molar-refractivity contribution in [3.8, 4) is 0 Å². The van der Waals surface area contributed by atoms with Gasteiger partial charge in [0, 0.05) is 29.3 Å². The molecule has 1 aliphatic carbocycles. The lowest BCUT2D eigenvalue weighted by molar-refractivity contribution is 0.152. The third-order valence-electron chi connectivity index (χ3n) is 3.27. The summed E-state index contributed by atoms with van der Waals surface area (Å²) in [4.78, 5) is 1.54. The predicted molar refractivity (Wildman–Crippen MR) is 79.3 cm³/mol. The van der Waals surface area contributed by atoms with Gasteiger partial charge in [-0.2, -0.15) is 0 Å². The lowest BCUT2D eigenvalue weighted by Gasteiger charge is -2.26. The quantitative estimate of drug-likeness (QED) is 0.758. The van der Waals surface area contributed by atoms with Gasteiger partial charge in [-0.15, -0.1) is 0 Å². The minimum Gasteiger partial charge on any atom is -0.395 e. The number of anilines is 1. The monoisotopic (exact) mass is 348 g/mol. The topological polar surface area (TPSA) is 35.5 Å². The van der Waals surface area contributed by atoms with Crippen molar-refractivity contribution in [2.24, 2.45) is 0 Å². The van der Waals surface area contributed by atoms with E-state index in [4.69, 9.17) is 5.11 Å². The van der Waals surface area contributed by atoms with Crippen LogP contribution < -0.4 is 10.2 Å². The van der Waals surface area contributed by atoms with E-state index in [-0.39, 0.29) is 19.7 Å². The van der Waals surface area contributed by atoms with E-state index in [0.717, 1.165) is 15.7 Å². The van der Waals surface area contributed by atoms with Gasteiger partial charge in [0.25, 0.3) is 6.43 Å². The van der Waals surface area contributed by atoms with Crippen molar-refractivity contribution in [1.82, 2.24) is 5.32 Å². The van der Waals surface area contributed by atoms with Gasteiger partial charge in [-0.3, -0.25) is 0 Å². The van der Waals surface area contributed by atoms with Gasteiger partial charge in [-0.05, 0) is 36.6 Å². The second kappa shape index (κ2) is 7.33. The van der Waals surface area contributed by atoms with Crippen molar-refractivity contribution in [2.45, 2.75) is 31.9 Å². The first-order chi connectivity index (χ1) is 9.60. The Morgan fingerprint density at radius 1 is 1.40 bits per heavy atom. The molecule has 1 fully saturated rings. The molecule has 0 spiro atoms. The summed E-state index contributed by atoms with van der Waals surface area (Å²) in [6.45, 7) is 0.365. The van der Waals surface area contributed by atoms with Crippen LogP contribution in [0.15, 0.2) is 22.7 Å². The Kier molecular flexibility index (Phi) is 5.74. The normalized spacial score (nSPS) is 14.8. The number of hydrogen-bond donors (Lipinski definition) is 2. The van der Waals surface area contributed by atoms with Gasteiger partial charge in [0.05, 0.1) is 13.2 Å². The minimum atomic E-state index is -2.42. The number of alkyl halides is 2. The molecule has 3 nitrogen and oxygen atoms in total. The third-order valence-corrected chi connectivity index (χ3v) is 3.76. The summed E-state index contributed by atoms with van der Waals surface area (Å²) in [7, 11) is 0. The summed E-state index contributed by atoms with van der Waals surface area (Å²) in [5, 5.41) is 12.5. The fraction of sp³-hybridized carbons (Fsp3) is 0.571. The molecule has 0 saturated heterocycles. The molecule has 0 bridgehead atoms. The fourth-order valence-electron chi connectivity index (χ4n) is 2.14. The van der Waals surface area contributed by atoms with Crippen LogP contribution in [-0.2, 0) is 6.54 Å². The van der Waals surface area contributed by atoms with Crippen molar-refractivity contribution in [3.63, 3.8) is 0 Å². The molecule has 0 heterocycles. The molecule has 1 aromatic rings. The zero-order chi connectivity index (χ0) is 14.5. The molecule has 0 amide bonds. The highest BCUT2D eigenvalue weighted by Gasteiger charge is 2.21. The van der Waals surface area contributed by atoms with Crippen molar-refractivity contribution in [3.05, 3.63) is 28.2 Å². The summed E-state index contributed by atoms with van der Waals surface area (Å²) < 4.78 is 26.3. The third kappa shape index (κ3) is 4.68. The maximum atomic E-state index is 12.7. The number of hydrogen-bond acceptors (Lipinski definition) is 3. The molecule has 1 aliphatic rings. The van der Waals surface area contributed by atoms with E-state index < -0.39 is 6.43 Å².